The van der Waals surface area contributed by atoms with E-state index in [0.717, 1.165) is 18.4 Å². The topological polar surface area (TPSA) is 24.4 Å². The molecule has 2 aliphatic rings. The van der Waals surface area contributed by atoms with Crippen LogP contribution in [-0.2, 0) is 0 Å². The molecule has 2 nitrogen and oxygen atoms in total. The highest BCUT2D eigenvalue weighted by atomic mass is 32.2. The van der Waals surface area contributed by atoms with Crippen LogP contribution in [0.4, 0.5) is 0 Å². The lowest BCUT2D eigenvalue weighted by atomic mass is 9.90. The number of rotatable bonds is 2. The minimum absolute atomic E-state index is 0.414. The Balaban J connectivity index is 1.79. The van der Waals surface area contributed by atoms with Crippen LogP contribution in [0.1, 0.15) is 53.9 Å². The molecule has 4 unspecified atom stereocenters. The fourth-order valence-corrected chi connectivity index (χ4v) is 4.43. The summed E-state index contributed by atoms with van der Waals surface area (Å²) in [5.41, 5.74) is 0.414. The van der Waals surface area contributed by atoms with Crippen molar-refractivity contribution in [2.75, 3.05) is 6.54 Å². The van der Waals surface area contributed by atoms with E-state index < -0.39 is 0 Å². The minimum atomic E-state index is 0.414. The van der Waals surface area contributed by atoms with Crippen LogP contribution >= 0.6 is 11.8 Å². The molecular weight excluding hydrogens is 240 g/mol. The van der Waals surface area contributed by atoms with Gasteiger partial charge in [0.25, 0.3) is 0 Å². The van der Waals surface area contributed by atoms with Crippen LogP contribution in [0.25, 0.3) is 0 Å². The smallest absolute Gasteiger partial charge is 0.157 e. The summed E-state index contributed by atoms with van der Waals surface area (Å²) in [7, 11) is 0. The van der Waals surface area contributed by atoms with Gasteiger partial charge in [-0.15, -0.1) is 0 Å². The van der Waals surface area contributed by atoms with Crippen LogP contribution in [0.2, 0.25) is 0 Å². The van der Waals surface area contributed by atoms with Crippen molar-refractivity contribution in [3.8, 4) is 0 Å². The zero-order valence-corrected chi connectivity index (χ0v) is 13.3. The van der Waals surface area contributed by atoms with Crippen molar-refractivity contribution >= 4 is 16.9 Å². The molecule has 4 atom stereocenters. The highest BCUT2D eigenvalue weighted by Gasteiger charge is 2.32. The van der Waals surface area contributed by atoms with Crippen LogP contribution in [0.3, 0.4) is 0 Å². The van der Waals surface area contributed by atoms with E-state index >= 15 is 0 Å². The molecule has 1 aliphatic heterocycles. The third kappa shape index (κ3) is 3.66. The van der Waals surface area contributed by atoms with Gasteiger partial charge in [-0.2, -0.15) is 0 Å². The lowest BCUT2D eigenvalue weighted by Crippen LogP contribution is -2.35. The molecule has 1 N–H and O–H groups in total. The van der Waals surface area contributed by atoms with E-state index in [9.17, 15) is 0 Å². The summed E-state index contributed by atoms with van der Waals surface area (Å²) in [5.74, 6) is 1.65. The molecule has 1 aliphatic carbocycles. The summed E-state index contributed by atoms with van der Waals surface area (Å²) >= 11 is 1.97. The number of aliphatic imine (C=N–C) groups is 1. The largest absolute Gasteiger partial charge is 0.362 e. The Morgan fingerprint density at radius 2 is 2.00 bits per heavy atom. The third-order valence-corrected chi connectivity index (χ3v) is 5.45. The molecule has 0 saturated heterocycles. The molecule has 0 spiro atoms. The van der Waals surface area contributed by atoms with Gasteiger partial charge >= 0.3 is 0 Å². The summed E-state index contributed by atoms with van der Waals surface area (Å²) in [6, 6.07) is 0.652. The predicted molar refractivity (Wildman–Crippen MR) is 82.2 cm³/mol. The predicted octanol–water partition coefficient (Wildman–Crippen LogP) is 3.92. The van der Waals surface area contributed by atoms with Gasteiger partial charge in [-0.3, -0.25) is 4.99 Å². The van der Waals surface area contributed by atoms with Crippen molar-refractivity contribution in [2.24, 2.45) is 22.2 Å². The van der Waals surface area contributed by atoms with E-state index in [2.05, 4.69) is 39.9 Å². The van der Waals surface area contributed by atoms with Crippen molar-refractivity contribution in [1.82, 2.24) is 5.32 Å². The number of hydrogen-bond donors (Lipinski definition) is 1. The number of amidine groups is 1. The average molecular weight is 268 g/mol. The minimum Gasteiger partial charge on any atom is -0.362 e. The van der Waals surface area contributed by atoms with E-state index in [4.69, 9.17) is 4.99 Å². The van der Waals surface area contributed by atoms with E-state index in [1.807, 2.05) is 11.8 Å². The monoisotopic (exact) mass is 268 g/mol. The van der Waals surface area contributed by atoms with Crippen molar-refractivity contribution in [3.63, 3.8) is 0 Å². The Bertz CT molecular complexity index is 319. The normalized spacial score (nSPS) is 36.8. The molecule has 2 rings (SSSR count). The molecule has 3 heteroatoms. The molecule has 1 heterocycles. The van der Waals surface area contributed by atoms with Gasteiger partial charge in [-0.1, -0.05) is 46.4 Å². The van der Waals surface area contributed by atoms with Gasteiger partial charge in [0.05, 0.1) is 6.54 Å². The fourth-order valence-electron chi connectivity index (χ4n) is 3.01. The summed E-state index contributed by atoms with van der Waals surface area (Å²) < 4.78 is 0. The molecule has 0 aromatic rings. The first-order chi connectivity index (χ1) is 8.35. The third-order valence-electron chi connectivity index (χ3n) is 4.33. The molecule has 18 heavy (non-hydrogen) atoms. The van der Waals surface area contributed by atoms with Crippen molar-refractivity contribution in [1.29, 1.82) is 0 Å². The Hall–Kier alpha value is -0.180. The molecule has 1 saturated carbocycles. The zero-order chi connectivity index (χ0) is 13.3. The molecule has 0 radical (unpaired) electrons. The second kappa shape index (κ2) is 5.44. The Labute approximate surface area is 116 Å². The highest BCUT2D eigenvalue weighted by molar-refractivity contribution is 8.14. The lowest BCUT2D eigenvalue weighted by molar-refractivity contribution is 0.375. The molecule has 0 amide bonds. The Morgan fingerprint density at radius 1 is 1.28 bits per heavy atom. The first-order valence-corrected chi connectivity index (χ1v) is 8.21. The summed E-state index contributed by atoms with van der Waals surface area (Å²) in [6.07, 6.45) is 3.93. The summed E-state index contributed by atoms with van der Waals surface area (Å²) in [6.45, 7) is 12.7. The fraction of sp³-hybridized carbons (Fsp3) is 0.933. The number of nitrogens with zero attached hydrogens (tertiary/aromatic N) is 1. The summed E-state index contributed by atoms with van der Waals surface area (Å²) in [5, 5.41) is 5.57. The maximum atomic E-state index is 4.69. The van der Waals surface area contributed by atoms with Gasteiger partial charge in [0.15, 0.2) is 5.17 Å². The van der Waals surface area contributed by atoms with Crippen LogP contribution in [-0.4, -0.2) is 23.0 Å². The first-order valence-electron chi connectivity index (χ1n) is 7.33. The van der Waals surface area contributed by atoms with E-state index in [-0.39, 0.29) is 0 Å². The first kappa shape index (κ1) is 14.2. The van der Waals surface area contributed by atoms with E-state index in [1.165, 1.54) is 24.4 Å². The van der Waals surface area contributed by atoms with Crippen LogP contribution in [0, 0.1) is 17.3 Å². The van der Waals surface area contributed by atoms with Crippen LogP contribution < -0.4 is 5.32 Å². The number of nitrogens with one attached hydrogen (secondary N) is 1. The molecule has 0 aromatic heterocycles. The second-order valence-corrected chi connectivity index (χ2v) is 8.60. The maximum Gasteiger partial charge on any atom is 0.157 e. The van der Waals surface area contributed by atoms with Gasteiger partial charge in [-0.05, 0) is 36.5 Å². The van der Waals surface area contributed by atoms with Crippen molar-refractivity contribution < 1.29 is 0 Å². The quantitative estimate of drug-likeness (QED) is 0.821. The van der Waals surface area contributed by atoms with Gasteiger partial charge in [0.1, 0.15) is 0 Å². The maximum absolute atomic E-state index is 4.69. The molecule has 1 fully saturated rings. The van der Waals surface area contributed by atoms with Crippen molar-refractivity contribution in [2.45, 2.75) is 65.2 Å². The van der Waals surface area contributed by atoms with E-state index in [0.29, 0.717) is 16.7 Å². The lowest BCUT2D eigenvalue weighted by Gasteiger charge is -2.23. The highest BCUT2D eigenvalue weighted by Crippen LogP contribution is 2.34. The second-order valence-electron chi connectivity index (χ2n) is 7.32. The van der Waals surface area contributed by atoms with Crippen LogP contribution in [0.15, 0.2) is 4.99 Å². The standard InChI is InChI=1S/C15H28N2S/c1-10-6-7-13(11(10)2)17-14-16-9-12(18-14)8-15(3,4)5/h10-13H,6-9H2,1-5H3,(H,16,17). The van der Waals surface area contributed by atoms with Crippen molar-refractivity contribution in [3.05, 3.63) is 0 Å². The summed E-state index contributed by atoms with van der Waals surface area (Å²) in [4.78, 5) is 4.69. The SMILES string of the molecule is CC1CCC(NC2=NCC(CC(C)(C)C)S2)C1C. The van der Waals surface area contributed by atoms with Gasteiger partial charge in [0.2, 0.25) is 0 Å². The Kier molecular flexibility index (Phi) is 4.30. The van der Waals surface area contributed by atoms with Crippen LogP contribution in [0.5, 0.6) is 0 Å². The number of hydrogen-bond acceptors (Lipinski definition) is 3. The van der Waals surface area contributed by atoms with Gasteiger partial charge in [-0.25, -0.2) is 0 Å². The molecule has 0 aromatic carbocycles. The molecule has 104 valence electrons. The molecule has 0 bridgehead atoms. The average Bonchev–Trinajstić information content (AvgIpc) is 2.78. The van der Waals surface area contributed by atoms with Gasteiger partial charge in [0, 0.05) is 11.3 Å². The molecular formula is C15H28N2S. The van der Waals surface area contributed by atoms with E-state index in [1.54, 1.807) is 0 Å². The van der Waals surface area contributed by atoms with Gasteiger partial charge < -0.3 is 5.32 Å². The Morgan fingerprint density at radius 3 is 2.56 bits per heavy atom. The zero-order valence-electron chi connectivity index (χ0n) is 12.5. The number of thioether (sulfide) groups is 1.